The van der Waals surface area contributed by atoms with Gasteiger partial charge in [0.15, 0.2) is 6.61 Å². The Hall–Kier alpha value is -1.50. The highest BCUT2D eigenvalue weighted by Crippen LogP contribution is 2.17. The van der Waals surface area contributed by atoms with Gasteiger partial charge in [-0.25, -0.2) is 0 Å². The monoisotopic (exact) mass is 314 g/mol. The number of rotatable bonds is 8. The van der Waals surface area contributed by atoms with Gasteiger partial charge in [0.25, 0.3) is 11.1 Å². The summed E-state index contributed by atoms with van der Waals surface area (Å²) in [6.45, 7) is 9.22. The van der Waals surface area contributed by atoms with Gasteiger partial charge in [-0.05, 0) is 13.8 Å². The van der Waals surface area contributed by atoms with E-state index in [2.05, 4.69) is 6.58 Å². The van der Waals surface area contributed by atoms with Crippen molar-refractivity contribution in [2.24, 2.45) is 0 Å². The average Bonchev–Trinajstić information content (AvgIpc) is 2.85. The molecule has 1 rings (SSSR count). The molecule has 0 atom stereocenters. The maximum absolute atomic E-state index is 11.9. The van der Waals surface area contributed by atoms with Crippen molar-refractivity contribution in [1.29, 1.82) is 0 Å². The van der Waals surface area contributed by atoms with Crippen molar-refractivity contribution in [3.8, 4) is 0 Å². The lowest BCUT2D eigenvalue weighted by Gasteiger charge is -2.20. The Labute approximate surface area is 129 Å². The quantitative estimate of drug-likeness (QED) is 0.502. The van der Waals surface area contributed by atoms with Crippen LogP contribution in [0.1, 0.15) is 20.3 Å². The molecule has 0 saturated carbocycles. The number of carbonyl (C=O) groups is 3. The minimum atomic E-state index is -0.459. The van der Waals surface area contributed by atoms with Gasteiger partial charge in [-0.2, -0.15) is 0 Å². The Morgan fingerprint density at radius 1 is 1.48 bits per heavy atom. The highest BCUT2D eigenvalue weighted by Gasteiger charge is 2.22. The summed E-state index contributed by atoms with van der Waals surface area (Å²) < 4.78 is 4.96. The van der Waals surface area contributed by atoms with Crippen LogP contribution >= 0.6 is 11.8 Å². The van der Waals surface area contributed by atoms with Gasteiger partial charge < -0.3 is 14.5 Å². The van der Waals surface area contributed by atoms with Crippen LogP contribution in [-0.2, 0) is 14.3 Å². The van der Waals surface area contributed by atoms with Crippen molar-refractivity contribution in [1.82, 2.24) is 9.80 Å². The maximum Gasteiger partial charge on any atom is 0.308 e. The van der Waals surface area contributed by atoms with Gasteiger partial charge in [0.2, 0.25) is 0 Å². The van der Waals surface area contributed by atoms with E-state index < -0.39 is 5.97 Å². The minimum absolute atomic E-state index is 0.00232. The van der Waals surface area contributed by atoms with E-state index in [-0.39, 0.29) is 24.2 Å². The van der Waals surface area contributed by atoms with Crippen LogP contribution in [0.4, 0.5) is 4.79 Å². The fraction of sp³-hybridized carbons (Fsp3) is 0.643. The lowest BCUT2D eigenvalue weighted by atomic mass is 10.3. The van der Waals surface area contributed by atoms with E-state index in [9.17, 15) is 14.4 Å². The average molecular weight is 314 g/mol. The first-order valence-corrected chi connectivity index (χ1v) is 7.92. The second kappa shape index (κ2) is 8.71. The molecule has 0 spiro atoms. The smallest absolute Gasteiger partial charge is 0.308 e. The zero-order chi connectivity index (χ0) is 15.8. The van der Waals surface area contributed by atoms with Crippen molar-refractivity contribution in [2.75, 3.05) is 38.5 Å². The fourth-order valence-corrected chi connectivity index (χ4v) is 2.71. The van der Waals surface area contributed by atoms with Crippen molar-refractivity contribution < 1.29 is 19.1 Å². The van der Waals surface area contributed by atoms with E-state index in [0.717, 1.165) is 11.3 Å². The van der Waals surface area contributed by atoms with Crippen LogP contribution in [0.2, 0.25) is 0 Å². The summed E-state index contributed by atoms with van der Waals surface area (Å²) in [6.07, 6.45) is 0.117. The number of hydrogen-bond acceptors (Lipinski definition) is 5. The number of likely N-dealkylation sites (N-methyl/N-ethyl adjacent to an activating group) is 1. The number of carbonyl (C=O) groups excluding carboxylic acids is 3. The Morgan fingerprint density at radius 3 is 2.71 bits per heavy atom. The molecule has 1 fully saturated rings. The molecule has 0 bridgehead atoms. The van der Waals surface area contributed by atoms with Crippen LogP contribution < -0.4 is 0 Å². The molecule has 0 unspecified atom stereocenters. The van der Waals surface area contributed by atoms with Gasteiger partial charge in [0.1, 0.15) is 0 Å². The molecule has 0 N–H and O–H groups in total. The molecule has 0 aliphatic carbocycles. The number of hydrogen-bond donors (Lipinski definition) is 0. The van der Waals surface area contributed by atoms with Crippen molar-refractivity contribution in [3.05, 3.63) is 12.2 Å². The largest absolute Gasteiger partial charge is 0.456 e. The van der Waals surface area contributed by atoms with E-state index in [1.54, 1.807) is 9.80 Å². The molecule has 1 aliphatic heterocycles. The zero-order valence-electron chi connectivity index (χ0n) is 12.6. The summed E-state index contributed by atoms with van der Waals surface area (Å²) in [5.41, 5.74) is 0.876. The van der Waals surface area contributed by atoms with Gasteiger partial charge in [0, 0.05) is 31.9 Å². The van der Waals surface area contributed by atoms with Gasteiger partial charge in [0.05, 0.1) is 6.42 Å². The summed E-state index contributed by atoms with van der Waals surface area (Å²) in [6, 6.07) is 0. The Kier molecular flexibility index (Phi) is 7.28. The van der Waals surface area contributed by atoms with Crippen LogP contribution in [0.25, 0.3) is 0 Å². The molecule has 7 heteroatoms. The number of nitrogens with zero attached hydrogens (tertiary/aromatic N) is 2. The molecule has 118 valence electrons. The van der Waals surface area contributed by atoms with E-state index >= 15 is 0 Å². The second-order valence-corrected chi connectivity index (χ2v) is 5.92. The molecular formula is C14H22N2O4S. The number of amides is 2. The minimum Gasteiger partial charge on any atom is -0.456 e. The third-order valence-corrected chi connectivity index (χ3v) is 3.87. The van der Waals surface area contributed by atoms with Crippen LogP contribution in [0.5, 0.6) is 0 Å². The first kappa shape index (κ1) is 17.6. The third kappa shape index (κ3) is 6.20. The van der Waals surface area contributed by atoms with Crippen molar-refractivity contribution >= 4 is 28.9 Å². The number of thioether (sulfide) groups is 1. The molecule has 0 aromatic rings. The summed E-state index contributed by atoms with van der Waals surface area (Å²) in [4.78, 5) is 38.0. The van der Waals surface area contributed by atoms with Gasteiger partial charge in [-0.1, -0.05) is 23.9 Å². The fourth-order valence-electron chi connectivity index (χ4n) is 1.86. The van der Waals surface area contributed by atoms with E-state index in [1.807, 2.05) is 13.8 Å². The molecular weight excluding hydrogens is 292 g/mol. The lowest BCUT2D eigenvalue weighted by molar-refractivity contribution is -0.151. The maximum atomic E-state index is 11.9. The standard InChI is InChI=1S/C14H22N2O4S/c1-4-15(9-11(2)3)12(17)10-20-13(18)5-6-16-7-8-21-14(16)19/h2,4-10H2,1,3H3. The SMILES string of the molecule is C=C(C)CN(CC)C(=O)COC(=O)CCN1CCSC1=O. The molecule has 21 heavy (non-hydrogen) atoms. The molecule has 1 saturated heterocycles. The first-order chi connectivity index (χ1) is 9.93. The summed E-state index contributed by atoms with van der Waals surface area (Å²) >= 11 is 1.25. The Balaban J connectivity index is 2.26. The second-order valence-electron chi connectivity index (χ2n) is 4.88. The molecule has 0 aromatic carbocycles. The summed E-state index contributed by atoms with van der Waals surface area (Å²) in [5, 5.41) is -0.00232. The van der Waals surface area contributed by atoms with Crippen LogP contribution in [0.3, 0.4) is 0 Å². The molecule has 2 amide bonds. The van der Waals surface area contributed by atoms with Gasteiger partial charge in [-0.3, -0.25) is 14.4 Å². The van der Waals surface area contributed by atoms with Gasteiger partial charge in [-0.15, -0.1) is 0 Å². The van der Waals surface area contributed by atoms with E-state index in [1.165, 1.54) is 11.8 Å². The van der Waals surface area contributed by atoms with Crippen molar-refractivity contribution in [3.63, 3.8) is 0 Å². The molecule has 0 aromatic heterocycles. The predicted molar refractivity (Wildman–Crippen MR) is 82.1 cm³/mol. The molecule has 1 aliphatic rings. The number of esters is 1. The lowest BCUT2D eigenvalue weighted by Crippen LogP contribution is -2.36. The number of ether oxygens (including phenoxy) is 1. The zero-order valence-corrected chi connectivity index (χ0v) is 13.4. The topological polar surface area (TPSA) is 66.9 Å². The summed E-state index contributed by atoms with van der Waals surface area (Å²) in [7, 11) is 0. The van der Waals surface area contributed by atoms with E-state index in [4.69, 9.17) is 4.74 Å². The highest BCUT2D eigenvalue weighted by molar-refractivity contribution is 8.13. The van der Waals surface area contributed by atoms with Gasteiger partial charge >= 0.3 is 5.97 Å². The summed E-state index contributed by atoms with van der Waals surface area (Å²) in [5.74, 6) is 0.0692. The van der Waals surface area contributed by atoms with Crippen LogP contribution in [0, 0.1) is 0 Å². The predicted octanol–water partition coefficient (Wildman–Crippen LogP) is 1.51. The van der Waals surface area contributed by atoms with E-state index in [0.29, 0.717) is 26.2 Å². The Morgan fingerprint density at radius 2 is 2.19 bits per heavy atom. The van der Waals surface area contributed by atoms with Crippen LogP contribution in [0.15, 0.2) is 12.2 Å². The molecule has 1 heterocycles. The highest BCUT2D eigenvalue weighted by atomic mass is 32.2. The molecule has 0 radical (unpaired) electrons. The first-order valence-electron chi connectivity index (χ1n) is 6.93. The Bertz CT molecular complexity index is 425. The van der Waals surface area contributed by atoms with Crippen LogP contribution in [-0.4, -0.2) is 65.5 Å². The normalized spacial score (nSPS) is 14.2. The third-order valence-electron chi connectivity index (χ3n) is 2.98. The molecule has 6 nitrogen and oxygen atoms in total. The van der Waals surface area contributed by atoms with Crippen molar-refractivity contribution in [2.45, 2.75) is 20.3 Å².